The van der Waals surface area contributed by atoms with Crippen LogP contribution in [0.3, 0.4) is 0 Å². The Labute approximate surface area is 183 Å². The summed E-state index contributed by atoms with van der Waals surface area (Å²) in [5.41, 5.74) is 1.40. The second-order valence-electron chi connectivity index (χ2n) is 9.29. The number of methoxy groups -OCH3 is 1. The van der Waals surface area contributed by atoms with Crippen molar-refractivity contribution in [3.05, 3.63) is 36.0 Å². The Hall–Kier alpha value is -2.21. The van der Waals surface area contributed by atoms with Gasteiger partial charge < -0.3 is 14.7 Å². The molecule has 1 aromatic carbocycles. The van der Waals surface area contributed by atoms with Gasteiger partial charge in [0.25, 0.3) is 0 Å². The van der Waals surface area contributed by atoms with Crippen LogP contribution >= 0.6 is 0 Å². The highest BCUT2D eigenvalue weighted by molar-refractivity contribution is 5.83. The van der Waals surface area contributed by atoms with Crippen LogP contribution in [0.4, 0.5) is 4.39 Å². The lowest BCUT2D eigenvalue weighted by molar-refractivity contribution is -0.139. The van der Waals surface area contributed by atoms with Crippen molar-refractivity contribution >= 4 is 16.9 Å². The molecule has 2 aliphatic rings. The Morgan fingerprint density at radius 3 is 2.84 bits per heavy atom. The van der Waals surface area contributed by atoms with E-state index in [1.807, 2.05) is 18.2 Å². The summed E-state index contributed by atoms with van der Waals surface area (Å²) < 4.78 is 20.7. The van der Waals surface area contributed by atoms with E-state index in [2.05, 4.69) is 9.88 Å². The summed E-state index contributed by atoms with van der Waals surface area (Å²) in [5.74, 6) is 1.09. The number of halogens is 1. The van der Waals surface area contributed by atoms with Crippen LogP contribution in [-0.2, 0) is 4.79 Å². The Balaban J connectivity index is 1.41. The fraction of sp³-hybridized carbons (Fsp3) is 0.600. The Morgan fingerprint density at radius 2 is 2.13 bits per heavy atom. The lowest BCUT2D eigenvalue weighted by Crippen LogP contribution is -2.44. The normalized spacial score (nSPS) is 23.4. The molecule has 168 valence electrons. The number of hydrogen-bond donors (Lipinski definition) is 1. The second-order valence-corrected chi connectivity index (χ2v) is 9.29. The average Bonchev–Trinajstić information content (AvgIpc) is 2.74. The van der Waals surface area contributed by atoms with Gasteiger partial charge in [0.2, 0.25) is 0 Å². The number of nitrogens with zero attached hydrogens (tertiary/aromatic N) is 2. The van der Waals surface area contributed by atoms with E-state index in [0.29, 0.717) is 24.2 Å². The average molecular weight is 429 g/mol. The molecule has 2 aromatic rings. The van der Waals surface area contributed by atoms with Gasteiger partial charge in [0.15, 0.2) is 0 Å². The Bertz CT molecular complexity index is 901. The predicted molar refractivity (Wildman–Crippen MR) is 119 cm³/mol. The first-order valence-corrected chi connectivity index (χ1v) is 11.5. The number of carbonyl (C=O) groups is 1. The van der Waals surface area contributed by atoms with Crippen molar-refractivity contribution in [1.82, 2.24) is 9.88 Å². The summed E-state index contributed by atoms with van der Waals surface area (Å²) in [4.78, 5) is 18.3. The van der Waals surface area contributed by atoms with Gasteiger partial charge in [-0.1, -0.05) is 6.42 Å². The van der Waals surface area contributed by atoms with Crippen LogP contribution in [0.5, 0.6) is 5.75 Å². The van der Waals surface area contributed by atoms with E-state index in [1.54, 1.807) is 19.4 Å². The van der Waals surface area contributed by atoms with Gasteiger partial charge in [-0.2, -0.15) is 0 Å². The van der Waals surface area contributed by atoms with Gasteiger partial charge in [0.05, 0.1) is 12.6 Å². The van der Waals surface area contributed by atoms with Gasteiger partial charge in [-0.25, -0.2) is 4.39 Å². The van der Waals surface area contributed by atoms with Crippen LogP contribution in [-0.4, -0.2) is 47.7 Å². The summed E-state index contributed by atoms with van der Waals surface area (Å²) >= 11 is 0. The number of rotatable bonds is 9. The zero-order chi connectivity index (χ0) is 21.8. The van der Waals surface area contributed by atoms with E-state index in [9.17, 15) is 9.90 Å². The van der Waals surface area contributed by atoms with Crippen LogP contribution in [0.2, 0.25) is 0 Å². The lowest BCUT2D eigenvalue weighted by atomic mass is 9.78. The number of aliphatic carboxylic acids is 1. The standard InChI is InChI=1S/C25H33FN2O3/c1-31-20-6-8-24-22(14-20)21(9-11-27-24)23(26)7-5-18-10-12-28(15-17-3-2-4-17)16-19(18)13-25(29)30/h6,8-9,11,14,17-19,23H,2-5,7,10,12-13,15-16H2,1H3,(H,29,30)/t18-,19+,23?/m1/s1. The van der Waals surface area contributed by atoms with Crippen LogP contribution < -0.4 is 4.74 Å². The van der Waals surface area contributed by atoms with Crippen molar-refractivity contribution in [2.24, 2.45) is 17.8 Å². The molecule has 0 amide bonds. The molecule has 0 bridgehead atoms. The fourth-order valence-electron chi connectivity index (χ4n) is 5.26. The number of carboxylic acid groups (broad SMARTS) is 1. The van der Waals surface area contributed by atoms with Gasteiger partial charge in [-0.05, 0) is 86.2 Å². The van der Waals surface area contributed by atoms with Gasteiger partial charge >= 0.3 is 5.97 Å². The number of aromatic nitrogens is 1. The van der Waals surface area contributed by atoms with E-state index in [-0.39, 0.29) is 18.3 Å². The van der Waals surface area contributed by atoms with Crippen molar-refractivity contribution in [2.45, 2.75) is 51.1 Å². The molecule has 1 saturated heterocycles. The molecule has 2 fully saturated rings. The van der Waals surface area contributed by atoms with E-state index in [1.165, 1.54) is 19.3 Å². The van der Waals surface area contributed by atoms with Crippen LogP contribution in [0.25, 0.3) is 10.9 Å². The lowest BCUT2D eigenvalue weighted by Gasteiger charge is -2.41. The first kappa shape index (κ1) is 22.0. The van der Waals surface area contributed by atoms with E-state index >= 15 is 4.39 Å². The first-order valence-electron chi connectivity index (χ1n) is 11.5. The highest BCUT2D eigenvalue weighted by atomic mass is 19.1. The topological polar surface area (TPSA) is 62.7 Å². The highest BCUT2D eigenvalue weighted by Crippen LogP contribution is 2.37. The van der Waals surface area contributed by atoms with Gasteiger partial charge in [-0.3, -0.25) is 9.78 Å². The maximum absolute atomic E-state index is 15.4. The van der Waals surface area contributed by atoms with E-state index in [4.69, 9.17) is 4.74 Å². The minimum Gasteiger partial charge on any atom is -0.497 e. The number of pyridine rings is 1. The van der Waals surface area contributed by atoms with Crippen LogP contribution in [0.15, 0.2) is 30.5 Å². The zero-order valence-electron chi connectivity index (χ0n) is 18.3. The minimum atomic E-state index is -1.10. The van der Waals surface area contributed by atoms with Gasteiger partial charge in [0.1, 0.15) is 11.9 Å². The van der Waals surface area contributed by atoms with Crippen LogP contribution in [0, 0.1) is 17.8 Å². The quantitative estimate of drug-likeness (QED) is 0.591. The molecular formula is C25H33FN2O3. The SMILES string of the molecule is COc1ccc2nccc(C(F)CC[C@@H]3CCN(CC4CCC4)C[C@@H]3CC(=O)O)c2c1. The number of alkyl halides is 1. The first-order chi connectivity index (χ1) is 15.0. The molecule has 1 unspecified atom stereocenters. The second kappa shape index (κ2) is 9.94. The number of piperidine rings is 1. The molecular weight excluding hydrogens is 395 g/mol. The fourth-order valence-corrected chi connectivity index (χ4v) is 5.26. The molecule has 6 heteroatoms. The number of hydrogen-bond acceptors (Lipinski definition) is 4. The molecule has 1 aliphatic heterocycles. The minimum absolute atomic E-state index is 0.104. The van der Waals surface area contributed by atoms with Crippen molar-refractivity contribution < 1.29 is 19.0 Å². The predicted octanol–water partition coefficient (Wildman–Crippen LogP) is 5.25. The Kier molecular flexibility index (Phi) is 7.06. The summed E-state index contributed by atoms with van der Waals surface area (Å²) in [6, 6.07) is 7.28. The monoisotopic (exact) mass is 428 g/mol. The molecule has 1 saturated carbocycles. The van der Waals surface area contributed by atoms with Crippen molar-refractivity contribution in [1.29, 1.82) is 0 Å². The van der Waals surface area contributed by atoms with E-state index < -0.39 is 12.1 Å². The zero-order valence-corrected chi connectivity index (χ0v) is 18.3. The summed E-state index contributed by atoms with van der Waals surface area (Å²) in [6.45, 7) is 2.93. The largest absolute Gasteiger partial charge is 0.497 e. The third-order valence-corrected chi connectivity index (χ3v) is 7.26. The van der Waals surface area contributed by atoms with Gasteiger partial charge in [-0.15, -0.1) is 0 Å². The van der Waals surface area contributed by atoms with Gasteiger partial charge in [0, 0.05) is 31.1 Å². The molecule has 4 rings (SSSR count). The molecule has 31 heavy (non-hydrogen) atoms. The highest BCUT2D eigenvalue weighted by Gasteiger charge is 2.33. The number of carboxylic acids is 1. The molecule has 5 nitrogen and oxygen atoms in total. The van der Waals surface area contributed by atoms with E-state index in [0.717, 1.165) is 42.9 Å². The maximum atomic E-state index is 15.4. The molecule has 1 aromatic heterocycles. The number of fused-ring (bicyclic) bond motifs is 1. The smallest absolute Gasteiger partial charge is 0.303 e. The molecule has 0 spiro atoms. The number of benzene rings is 1. The molecule has 1 aliphatic carbocycles. The van der Waals surface area contributed by atoms with Crippen LogP contribution in [0.1, 0.15) is 56.7 Å². The molecule has 2 heterocycles. The Morgan fingerprint density at radius 1 is 1.29 bits per heavy atom. The summed E-state index contributed by atoms with van der Waals surface area (Å²) in [7, 11) is 1.60. The van der Waals surface area contributed by atoms with Crippen molar-refractivity contribution in [3.8, 4) is 5.75 Å². The summed E-state index contributed by atoms with van der Waals surface area (Å²) in [5, 5.41) is 10.2. The number of likely N-dealkylation sites (tertiary alicyclic amines) is 1. The maximum Gasteiger partial charge on any atom is 0.303 e. The third-order valence-electron chi connectivity index (χ3n) is 7.26. The number of ether oxygens (including phenoxy) is 1. The third kappa shape index (κ3) is 5.35. The summed E-state index contributed by atoms with van der Waals surface area (Å²) in [6.07, 6.45) is 6.74. The molecule has 1 N–H and O–H groups in total. The molecule has 3 atom stereocenters. The van der Waals surface area contributed by atoms with Crippen molar-refractivity contribution in [2.75, 3.05) is 26.7 Å². The van der Waals surface area contributed by atoms with Crippen molar-refractivity contribution in [3.63, 3.8) is 0 Å². The molecule has 0 radical (unpaired) electrons.